The largest absolute Gasteiger partial charge is 0.482 e. The molecule has 1 atom stereocenters. The quantitative estimate of drug-likeness (QED) is 0.533. The van der Waals surface area contributed by atoms with Gasteiger partial charge in [-0.05, 0) is 17.7 Å². The predicted molar refractivity (Wildman–Crippen MR) is 104 cm³/mol. The minimum atomic E-state index is -1.41. The number of carboxylic acids is 1. The second-order valence-electron chi connectivity index (χ2n) is 6.09. The van der Waals surface area contributed by atoms with E-state index >= 15 is 0 Å². The molecule has 0 heterocycles. The Labute approximate surface area is 172 Å². The molecule has 2 aromatic carbocycles. The van der Waals surface area contributed by atoms with Gasteiger partial charge in [-0.1, -0.05) is 48.5 Å². The van der Waals surface area contributed by atoms with Crippen LogP contribution >= 0.6 is 0 Å². The molecule has 0 bridgehead atoms. The fourth-order valence-electron chi connectivity index (χ4n) is 2.28. The van der Waals surface area contributed by atoms with Crippen molar-refractivity contribution in [1.82, 2.24) is 5.32 Å². The van der Waals surface area contributed by atoms with Crippen molar-refractivity contribution in [2.45, 2.75) is 19.1 Å². The highest BCUT2D eigenvalue weighted by Gasteiger charge is 2.25. The number of para-hydroxylation sites is 1. The third-order valence-electron chi connectivity index (χ3n) is 3.75. The summed E-state index contributed by atoms with van der Waals surface area (Å²) < 4.78 is 15.0. The summed E-state index contributed by atoms with van der Waals surface area (Å²) in [5.41, 5.74) is 0.723. The van der Waals surface area contributed by atoms with Crippen molar-refractivity contribution in [1.29, 1.82) is 0 Å². The van der Waals surface area contributed by atoms with Crippen LogP contribution < -0.4 is 10.1 Å². The topological polar surface area (TPSA) is 128 Å². The molecule has 0 unspecified atom stereocenters. The Morgan fingerprint density at radius 2 is 1.50 bits per heavy atom. The molecule has 2 aromatic rings. The highest BCUT2D eigenvalue weighted by Crippen LogP contribution is 2.08. The van der Waals surface area contributed by atoms with Crippen molar-refractivity contribution in [3.8, 4) is 5.75 Å². The number of esters is 1. The first-order chi connectivity index (χ1) is 14.4. The molecule has 0 aliphatic heterocycles. The molecule has 1 amide bonds. The average molecular weight is 415 g/mol. The van der Waals surface area contributed by atoms with Gasteiger partial charge in [0.15, 0.2) is 19.0 Å². The van der Waals surface area contributed by atoms with Crippen LogP contribution in [0.1, 0.15) is 12.0 Å². The van der Waals surface area contributed by atoms with Crippen molar-refractivity contribution in [3.63, 3.8) is 0 Å². The van der Waals surface area contributed by atoms with Gasteiger partial charge in [-0.3, -0.25) is 9.59 Å². The summed E-state index contributed by atoms with van der Waals surface area (Å²) in [6.45, 7) is -1.19. The van der Waals surface area contributed by atoms with E-state index in [1.807, 2.05) is 0 Å². The number of ketones is 1. The van der Waals surface area contributed by atoms with Gasteiger partial charge in [0.25, 0.3) is 0 Å². The van der Waals surface area contributed by atoms with Crippen molar-refractivity contribution in [2.24, 2.45) is 0 Å². The first kappa shape index (κ1) is 22.4. The Morgan fingerprint density at radius 3 is 2.13 bits per heavy atom. The summed E-state index contributed by atoms with van der Waals surface area (Å²) in [6.07, 6.45) is -1.64. The van der Waals surface area contributed by atoms with E-state index in [1.54, 1.807) is 60.7 Å². The Morgan fingerprint density at radius 1 is 0.867 bits per heavy atom. The first-order valence-electron chi connectivity index (χ1n) is 8.99. The third kappa shape index (κ3) is 8.42. The average Bonchev–Trinajstić information content (AvgIpc) is 2.75. The molecular formula is C21H21NO8. The monoisotopic (exact) mass is 415 g/mol. The second kappa shape index (κ2) is 11.8. The van der Waals surface area contributed by atoms with E-state index in [-0.39, 0.29) is 6.61 Å². The number of ether oxygens (including phenoxy) is 3. The van der Waals surface area contributed by atoms with Gasteiger partial charge in [-0.25, -0.2) is 9.59 Å². The highest BCUT2D eigenvalue weighted by atomic mass is 16.6. The van der Waals surface area contributed by atoms with Gasteiger partial charge in [0.05, 0.1) is 6.42 Å². The molecule has 158 valence electrons. The van der Waals surface area contributed by atoms with Crippen molar-refractivity contribution in [3.05, 3.63) is 66.2 Å². The summed E-state index contributed by atoms with van der Waals surface area (Å²) >= 11 is 0. The van der Waals surface area contributed by atoms with Crippen molar-refractivity contribution < 1.29 is 38.5 Å². The van der Waals surface area contributed by atoms with Gasteiger partial charge < -0.3 is 24.6 Å². The third-order valence-corrected chi connectivity index (χ3v) is 3.75. The summed E-state index contributed by atoms with van der Waals surface area (Å²) in [4.78, 5) is 46.8. The Bertz CT molecular complexity index is 854. The first-order valence-corrected chi connectivity index (χ1v) is 8.99. The number of Topliss-reactive ketones (excluding diaryl/α,β-unsaturated/α-hetero) is 1. The predicted octanol–water partition coefficient (Wildman–Crippen LogP) is 1.95. The van der Waals surface area contributed by atoms with E-state index in [1.165, 1.54) is 0 Å². The second-order valence-corrected chi connectivity index (χ2v) is 6.09. The molecule has 0 radical (unpaired) electrons. The number of rotatable bonds is 11. The maximum Gasteiger partial charge on any atom is 0.408 e. The van der Waals surface area contributed by atoms with Gasteiger partial charge in [-0.15, -0.1) is 0 Å². The molecule has 0 aliphatic rings. The molecule has 0 saturated carbocycles. The number of amides is 1. The van der Waals surface area contributed by atoms with Crippen LogP contribution in [-0.2, 0) is 30.5 Å². The summed E-state index contributed by atoms with van der Waals surface area (Å²) in [5.74, 6) is -2.46. The van der Waals surface area contributed by atoms with Crippen LogP contribution in [0.15, 0.2) is 60.7 Å². The van der Waals surface area contributed by atoms with Crippen molar-refractivity contribution in [2.75, 3.05) is 13.2 Å². The maximum absolute atomic E-state index is 12.2. The van der Waals surface area contributed by atoms with Crippen LogP contribution in [0.2, 0.25) is 0 Å². The lowest BCUT2D eigenvalue weighted by Gasteiger charge is -2.16. The number of carboxylic acid groups (broad SMARTS) is 1. The minimum absolute atomic E-state index is 0.0491. The zero-order chi connectivity index (χ0) is 21.8. The molecule has 2 rings (SSSR count). The van der Waals surface area contributed by atoms with E-state index in [9.17, 15) is 19.2 Å². The van der Waals surface area contributed by atoms with Gasteiger partial charge >= 0.3 is 18.0 Å². The van der Waals surface area contributed by atoms with Crippen LogP contribution in [-0.4, -0.2) is 48.2 Å². The molecule has 0 spiro atoms. The van der Waals surface area contributed by atoms with Crippen LogP contribution in [0, 0.1) is 0 Å². The molecule has 9 heteroatoms. The van der Waals surface area contributed by atoms with E-state index in [0.717, 1.165) is 5.56 Å². The number of aliphatic carboxylic acids is 1. The summed E-state index contributed by atoms with van der Waals surface area (Å²) in [5, 5.41) is 11.2. The molecule has 9 nitrogen and oxygen atoms in total. The van der Waals surface area contributed by atoms with Crippen LogP contribution in [0.5, 0.6) is 5.75 Å². The lowest BCUT2D eigenvalue weighted by atomic mass is 10.1. The number of nitrogens with one attached hydrogen (secondary N) is 1. The zero-order valence-electron chi connectivity index (χ0n) is 16.0. The fourth-order valence-corrected chi connectivity index (χ4v) is 2.28. The molecule has 0 aliphatic carbocycles. The SMILES string of the molecule is O=C(O)C[C@H](NC(=O)OCc1ccccc1)C(=O)COC(=O)COc1ccccc1. The Balaban J connectivity index is 1.79. The Kier molecular flexibility index (Phi) is 8.85. The van der Waals surface area contributed by atoms with Crippen LogP contribution in [0.3, 0.4) is 0 Å². The van der Waals surface area contributed by atoms with E-state index < -0.39 is 49.5 Å². The van der Waals surface area contributed by atoms with E-state index in [0.29, 0.717) is 5.75 Å². The van der Waals surface area contributed by atoms with Gasteiger partial charge in [0.1, 0.15) is 18.4 Å². The van der Waals surface area contributed by atoms with Gasteiger partial charge in [0, 0.05) is 0 Å². The minimum Gasteiger partial charge on any atom is -0.482 e. The molecule has 30 heavy (non-hydrogen) atoms. The summed E-state index contributed by atoms with van der Waals surface area (Å²) in [6, 6.07) is 15.9. The standard InChI is InChI=1S/C21H21NO8/c23-18(13-29-20(26)14-28-16-9-5-2-6-10-16)17(11-19(24)25)22-21(27)30-12-15-7-3-1-4-8-15/h1-10,17H,11-14H2,(H,22,27)(H,24,25)/t17-/m0/s1. The zero-order valence-corrected chi connectivity index (χ0v) is 16.0. The lowest BCUT2D eigenvalue weighted by Crippen LogP contribution is -2.44. The molecular weight excluding hydrogens is 394 g/mol. The number of hydrogen-bond donors (Lipinski definition) is 2. The molecule has 2 N–H and O–H groups in total. The van der Waals surface area contributed by atoms with Gasteiger partial charge in [-0.2, -0.15) is 0 Å². The fraction of sp³-hybridized carbons (Fsp3) is 0.238. The van der Waals surface area contributed by atoms with Crippen LogP contribution in [0.4, 0.5) is 4.79 Å². The number of carbonyl (C=O) groups is 4. The summed E-state index contributed by atoms with van der Waals surface area (Å²) in [7, 11) is 0. The number of benzene rings is 2. The molecule has 0 fully saturated rings. The van der Waals surface area contributed by atoms with Gasteiger partial charge in [0.2, 0.25) is 0 Å². The lowest BCUT2D eigenvalue weighted by molar-refractivity contribution is -0.150. The number of carbonyl (C=O) groups excluding carboxylic acids is 3. The number of hydrogen-bond acceptors (Lipinski definition) is 7. The maximum atomic E-state index is 12.2. The van der Waals surface area contributed by atoms with E-state index in [2.05, 4.69) is 5.32 Å². The highest BCUT2D eigenvalue weighted by molar-refractivity contribution is 5.92. The molecule has 0 aromatic heterocycles. The normalized spacial score (nSPS) is 11.1. The van der Waals surface area contributed by atoms with Crippen molar-refractivity contribution >= 4 is 23.8 Å². The smallest absolute Gasteiger partial charge is 0.408 e. The number of alkyl carbamates (subject to hydrolysis) is 1. The van der Waals surface area contributed by atoms with Crippen LogP contribution in [0.25, 0.3) is 0 Å². The van der Waals surface area contributed by atoms with E-state index in [4.69, 9.17) is 19.3 Å². The Hall–Kier alpha value is -3.88. The molecule has 0 saturated heterocycles.